The van der Waals surface area contributed by atoms with Crippen LogP contribution in [0.15, 0.2) is 64.3 Å². The van der Waals surface area contributed by atoms with E-state index in [1.165, 1.54) is 34.1 Å². The number of pyridine rings is 1. The Labute approximate surface area is 254 Å². The number of carbonyl (C=O) groups excluding carboxylic acids is 1. The monoisotopic (exact) mass is 605 g/mol. The summed E-state index contributed by atoms with van der Waals surface area (Å²) in [4.78, 5) is 35.2. The first-order valence-corrected chi connectivity index (χ1v) is 15.3. The van der Waals surface area contributed by atoms with Crippen molar-refractivity contribution >= 4 is 34.9 Å². The van der Waals surface area contributed by atoms with Gasteiger partial charge in [-0.05, 0) is 83.4 Å². The standard InChI is InChI=1S/C33H33ClFN3O3S/c1-20(2)16-28-25(32(39)37-14-6-5-7-15-37)18-26(31-36-27(19-42-31)22-8-10-23(34)11-9-22)33(40)38(28)29-17-24(35)12-13-30(29)41-21(3)4/h8-13,16-19,21H,5-7,14-15H2,1-4H3. The van der Waals surface area contributed by atoms with Crippen molar-refractivity contribution in [3.63, 3.8) is 0 Å². The van der Waals surface area contributed by atoms with E-state index >= 15 is 0 Å². The number of piperidine rings is 1. The highest BCUT2D eigenvalue weighted by atomic mass is 35.5. The molecule has 5 rings (SSSR count). The molecular formula is C33H33ClFN3O3S. The minimum Gasteiger partial charge on any atom is -0.489 e. The van der Waals surface area contributed by atoms with Crippen molar-refractivity contribution in [2.24, 2.45) is 0 Å². The normalized spacial score (nSPS) is 13.4. The van der Waals surface area contributed by atoms with Crippen molar-refractivity contribution in [1.29, 1.82) is 0 Å². The Kier molecular flexibility index (Phi) is 8.94. The second kappa shape index (κ2) is 12.6. The molecule has 2 aromatic carbocycles. The van der Waals surface area contributed by atoms with Crippen molar-refractivity contribution in [3.8, 4) is 33.3 Å². The Hall–Kier alpha value is -3.75. The molecular weight excluding hydrogens is 573 g/mol. The van der Waals surface area contributed by atoms with Gasteiger partial charge in [0.1, 0.15) is 16.6 Å². The number of carbonyl (C=O) groups is 1. The lowest BCUT2D eigenvalue weighted by Crippen LogP contribution is -2.37. The third-order valence-electron chi connectivity index (χ3n) is 6.94. The van der Waals surface area contributed by atoms with E-state index in [0.717, 1.165) is 30.4 Å². The number of hydrogen-bond acceptors (Lipinski definition) is 5. The number of ether oxygens (including phenoxy) is 1. The number of allylic oxidation sites excluding steroid dienone is 1. The van der Waals surface area contributed by atoms with Crippen LogP contribution in [-0.2, 0) is 0 Å². The number of halogens is 2. The molecule has 218 valence electrons. The van der Waals surface area contributed by atoms with E-state index in [-0.39, 0.29) is 23.3 Å². The lowest BCUT2D eigenvalue weighted by Gasteiger charge is -2.28. The number of hydrogen-bond donors (Lipinski definition) is 0. The fourth-order valence-electron chi connectivity index (χ4n) is 5.05. The molecule has 1 fully saturated rings. The molecule has 3 heterocycles. The predicted octanol–water partition coefficient (Wildman–Crippen LogP) is 8.26. The summed E-state index contributed by atoms with van der Waals surface area (Å²) in [6, 6.07) is 13.0. The fourth-order valence-corrected chi connectivity index (χ4v) is 6.01. The van der Waals surface area contributed by atoms with Gasteiger partial charge in [-0.3, -0.25) is 14.2 Å². The number of thiazole rings is 1. The van der Waals surface area contributed by atoms with Crippen LogP contribution in [0, 0.1) is 5.82 Å². The first-order chi connectivity index (χ1) is 20.1. The molecule has 2 aromatic heterocycles. The zero-order valence-corrected chi connectivity index (χ0v) is 25.7. The van der Waals surface area contributed by atoms with Gasteiger partial charge in [0.15, 0.2) is 0 Å². The van der Waals surface area contributed by atoms with Crippen molar-refractivity contribution < 1.29 is 13.9 Å². The average molecular weight is 606 g/mol. The Morgan fingerprint density at radius 3 is 2.45 bits per heavy atom. The van der Waals surface area contributed by atoms with Crippen LogP contribution in [0.4, 0.5) is 4.39 Å². The van der Waals surface area contributed by atoms with Crippen LogP contribution in [0.3, 0.4) is 0 Å². The summed E-state index contributed by atoms with van der Waals surface area (Å²) in [6.07, 6.45) is 4.48. The third kappa shape index (κ3) is 6.35. The van der Waals surface area contributed by atoms with Gasteiger partial charge >= 0.3 is 0 Å². The van der Waals surface area contributed by atoms with Gasteiger partial charge in [-0.1, -0.05) is 29.3 Å². The maximum absolute atomic E-state index is 14.8. The number of rotatable bonds is 7. The molecule has 42 heavy (non-hydrogen) atoms. The van der Waals surface area contributed by atoms with Crippen LogP contribution in [0.5, 0.6) is 5.75 Å². The van der Waals surface area contributed by atoms with Crippen LogP contribution in [-0.4, -0.2) is 39.6 Å². The lowest BCUT2D eigenvalue weighted by atomic mass is 10.0. The summed E-state index contributed by atoms with van der Waals surface area (Å²) in [5.41, 5.74) is 3.22. The summed E-state index contributed by atoms with van der Waals surface area (Å²) in [7, 11) is 0. The van der Waals surface area contributed by atoms with Crippen molar-refractivity contribution in [2.75, 3.05) is 13.1 Å². The summed E-state index contributed by atoms with van der Waals surface area (Å²) < 4.78 is 22.3. The highest BCUT2D eigenvalue weighted by Gasteiger charge is 2.27. The second-order valence-corrected chi connectivity index (χ2v) is 12.2. The largest absolute Gasteiger partial charge is 0.489 e. The van der Waals surface area contributed by atoms with Gasteiger partial charge in [0.25, 0.3) is 11.5 Å². The molecule has 1 aliphatic rings. The van der Waals surface area contributed by atoms with E-state index in [1.54, 1.807) is 24.3 Å². The highest BCUT2D eigenvalue weighted by Crippen LogP contribution is 2.33. The van der Waals surface area contributed by atoms with Gasteiger partial charge in [-0.2, -0.15) is 0 Å². The molecule has 1 aliphatic heterocycles. The molecule has 4 aromatic rings. The summed E-state index contributed by atoms with van der Waals surface area (Å²) in [6.45, 7) is 8.80. The smallest absolute Gasteiger partial charge is 0.266 e. The third-order valence-corrected chi connectivity index (χ3v) is 8.06. The van der Waals surface area contributed by atoms with Gasteiger partial charge in [-0.15, -0.1) is 11.3 Å². The topological polar surface area (TPSA) is 64.4 Å². The number of amides is 1. The van der Waals surface area contributed by atoms with E-state index in [2.05, 4.69) is 0 Å². The summed E-state index contributed by atoms with van der Waals surface area (Å²) in [5, 5.41) is 2.94. The quantitative estimate of drug-likeness (QED) is 0.213. The van der Waals surface area contributed by atoms with Crippen LogP contribution >= 0.6 is 22.9 Å². The highest BCUT2D eigenvalue weighted by molar-refractivity contribution is 7.13. The Bertz CT molecular complexity index is 1700. The number of likely N-dealkylation sites (tertiary alicyclic amines) is 1. The van der Waals surface area contributed by atoms with Crippen LogP contribution in [0.25, 0.3) is 33.6 Å². The van der Waals surface area contributed by atoms with E-state index in [4.69, 9.17) is 21.3 Å². The molecule has 0 unspecified atom stereocenters. The molecule has 0 N–H and O–H groups in total. The zero-order chi connectivity index (χ0) is 30.0. The predicted molar refractivity (Wildman–Crippen MR) is 168 cm³/mol. The van der Waals surface area contributed by atoms with Gasteiger partial charge in [0.2, 0.25) is 0 Å². The minimum absolute atomic E-state index is 0.172. The van der Waals surface area contributed by atoms with Gasteiger partial charge < -0.3 is 9.64 Å². The fraction of sp³-hybridized carbons (Fsp3) is 0.303. The lowest BCUT2D eigenvalue weighted by molar-refractivity contribution is 0.0723. The second-order valence-electron chi connectivity index (χ2n) is 10.9. The molecule has 0 atom stereocenters. The van der Waals surface area contributed by atoms with E-state index in [9.17, 15) is 14.0 Å². The van der Waals surface area contributed by atoms with E-state index < -0.39 is 11.4 Å². The van der Waals surface area contributed by atoms with Gasteiger partial charge in [0, 0.05) is 35.1 Å². The Morgan fingerprint density at radius 2 is 1.79 bits per heavy atom. The number of aromatic nitrogens is 2. The Balaban J connectivity index is 1.80. The summed E-state index contributed by atoms with van der Waals surface area (Å²) >= 11 is 7.38. The SMILES string of the molecule is CC(C)=Cc1c(C(=O)N2CCCCC2)cc(-c2nc(-c3ccc(Cl)cc3)cs2)c(=O)n1-c1cc(F)ccc1OC(C)C. The van der Waals surface area contributed by atoms with Crippen LogP contribution in [0.2, 0.25) is 5.02 Å². The van der Waals surface area contributed by atoms with Crippen molar-refractivity contribution in [3.05, 3.63) is 91.9 Å². The molecule has 0 aliphatic carbocycles. The Morgan fingerprint density at radius 1 is 1.07 bits per heavy atom. The molecule has 1 amide bonds. The average Bonchev–Trinajstić information content (AvgIpc) is 3.44. The molecule has 0 bridgehead atoms. The van der Waals surface area contributed by atoms with Crippen molar-refractivity contribution in [1.82, 2.24) is 14.5 Å². The van der Waals surface area contributed by atoms with E-state index in [0.29, 0.717) is 45.8 Å². The molecule has 0 saturated carbocycles. The minimum atomic E-state index is -0.523. The maximum Gasteiger partial charge on any atom is 0.266 e. The van der Waals surface area contributed by atoms with Gasteiger partial charge in [0.05, 0.1) is 34.3 Å². The zero-order valence-electron chi connectivity index (χ0n) is 24.1. The van der Waals surface area contributed by atoms with Crippen LogP contribution < -0.4 is 10.3 Å². The molecule has 1 saturated heterocycles. The molecule has 0 radical (unpaired) electrons. The number of nitrogens with zero attached hydrogens (tertiary/aromatic N) is 3. The molecule has 0 spiro atoms. The van der Waals surface area contributed by atoms with Crippen molar-refractivity contribution in [2.45, 2.75) is 53.1 Å². The summed E-state index contributed by atoms with van der Waals surface area (Å²) in [5.74, 6) is -0.356. The molecule has 9 heteroatoms. The van der Waals surface area contributed by atoms with Gasteiger partial charge in [-0.25, -0.2) is 9.37 Å². The first-order valence-electron chi connectivity index (χ1n) is 14.0. The first kappa shape index (κ1) is 29.7. The maximum atomic E-state index is 14.8. The van der Waals surface area contributed by atoms with E-state index in [1.807, 2.05) is 50.1 Å². The number of benzene rings is 2. The van der Waals surface area contributed by atoms with Crippen LogP contribution in [0.1, 0.15) is 63.0 Å². The molecule has 6 nitrogen and oxygen atoms in total.